The maximum Gasteiger partial charge on any atom is 0.0571 e. The highest BCUT2D eigenvalue weighted by Gasteiger charge is 2.13. The summed E-state index contributed by atoms with van der Waals surface area (Å²) in [7, 11) is 4.07. The standard InChI is InChI=1S/C13H15BrN2S/c1-16(2)10-5-3-4-9(6-10)13(15)11-7-17-8-12(11)14/h3-8,13H,15H2,1-2H3. The fourth-order valence-corrected chi connectivity index (χ4v) is 3.27. The van der Waals surface area contributed by atoms with Crippen molar-refractivity contribution in [3.05, 3.63) is 50.6 Å². The summed E-state index contributed by atoms with van der Waals surface area (Å²) in [6, 6.07) is 8.26. The van der Waals surface area contributed by atoms with Gasteiger partial charge in [0.25, 0.3) is 0 Å². The fraction of sp³-hybridized carbons (Fsp3) is 0.231. The molecule has 1 unspecified atom stereocenters. The van der Waals surface area contributed by atoms with Crippen molar-refractivity contribution in [2.75, 3.05) is 19.0 Å². The van der Waals surface area contributed by atoms with Gasteiger partial charge in [0.1, 0.15) is 0 Å². The minimum absolute atomic E-state index is 0.0736. The van der Waals surface area contributed by atoms with E-state index in [-0.39, 0.29) is 6.04 Å². The smallest absolute Gasteiger partial charge is 0.0571 e. The van der Waals surface area contributed by atoms with Crippen LogP contribution in [0.15, 0.2) is 39.5 Å². The van der Waals surface area contributed by atoms with Crippen LogP contribution in [0, 0.1) is 0 Å². The molecule has 17 heavy (non-hydrogen) atoms. The maximum absolute atomic E-state index is 6.29. The third-order valence-corrected chi connectivity index (χ3v) is 4.47. The lowest BCUT2D eigenvalue weighted by atomic mass is 10.0. The van der Waals surface area contributed by atoms with Crippen LogP contribution in [0.5, 0.6) is 0 Å². The molecular weight excluding hydrogens is 296 g/mol. The van der Waals surface area contributed by atoms with Crippen LogP contribution in [0.25, 0.3) is 0 Å². The Morgan fingerprint density at radius 2 is 2.06 bits per heavy atom. The van der Waals surface area contributed by atoms with Crippen molar-refractivity contribution in [2.45, 2.75) is 6.04 Å². The zero-order valence-electron chi connectivity index (χ0n) is 9.85. The molecular formula is C13H15BrN2S. The number of hydrogen-bond acceptors (Lipinski definition) is 3. The summed E-state index contributed by atoms with van der Waals surface area (Å²) in [6.07, 6.45) is 0. The normalized spacial score (nSPS) is 12.5. The van der Waals surface area contributed by atoms with Crippen LogP contribution in [-0.4, -0.2) is 14.1 Å². The van der Waals surface area contributed by atoms with Gasteiger partial charge in [-0.05, 0) is 44.6 Å². The van der Waals surface area contributed by atoms with E-state index in [0.717, 1.165) is 15.6 Å². The summed E-state index contributed by atoms with van der Waals surface area (Å²) in [6.45, 7) is 0. The zero-order chi connectivity index (χ0) is 12.4. The topological polar surface area (TPSA) is 29.3 Å². The molecule has 0 saturated carbocycles. The molecule has 0 aliphatic carbocycles. The van der Waals surface area contributed by atoms with Crippen LogP contribution >= 0.6 is 27.3 Å². The number of thiophene rings is 1. The summed E-state index contributed by atoms with van der Waals surface area (Å²) in [5, 5.41) is 4.15. The Morgan fingerprint density at radius 1 is 1.29 bits per heavy atom. The first kappa shape index (κ1) is 12.6. The van der Waals surface area contributed by atoms with Crippen LogP contribution in [0.3, 0.4) is 0 Å². The third-order valence-electron chi connectivity index (χ3n) is 2.72. The number of nitrogens with zero attached hydrogens (tertiary/aromatic N) is 1. The molecule has 0 amide bonds. The second kappa shape index (κ2) is 5.21. The Bertz CT molecular complexity index is 508. The molecule has 1 aromatic heterocycles. The lowest BCUT2D eigenvalue weighted by Gasteiger charge is -2.17. The van der Waals surface area contributed by atoms with E-state index in [9.17, 15) is 0 Å². The van der Waals surface area contributed by atoms with E-state index in [0.29, 0.717) is 0 Å². The van der Waals surface area contributed by atoms with Gasteiger partial charge in [0.2, 0.25) is 0 Å². The van der Waals surface area contributed by atoms with E-state index in [1.54, 1.807) is 11.3 Å². The Balaban J connectivity index is 2.34. The van der Waals surface area contributed by atoms with Gasteiger partial charge >= 0.3 is 0 Å². The highest BCUT2D eigenvalue weighted by Crippen LogP contribution is 2.31. The first-order valence-corrected chi connectivity index (χ1v) is 7.07. The number of rotatable bonds is 3. The summed E-state index contributed by atoms with van der Waals surface area (Å²) >= 11 is 5.19. The van der Waals surface area contributed by atoms with Gasteiger partial charge < -0.3 is 10.6 Å². The van der Waals surface area contributed by atoms with Crippen molar-refractivity contribution in [1.29, 1.82) is 0 Å². The van der Waals surface area contributed by atoms with Crippen molar-refractivity contribution in [2.24, 2.45) is 5.73 Å². The minimum atomic E-state index is -0.0736. The maximum atomic E-state index is 6.29. The predicted molar refractivity (Wildman–Crippen MR) is 78.8 cm³/mol. The van der Waals surface area contributed by atoms with Crippen molar-refractivity contribution in [3.63, 3.8) is 0 Å². The number of benzene rings is 1. The molecule has 0 spiro atoms. The molecule has 2 nitrogen and oxygen atoms in total. The molecule has 0 bridgehead atoms. The zero-order valence-corrected chi connectivity index (χ0v) is 12.3. The molecule has 2 N–H and O–H groups in total. The van der Waals surface area contributed by atoms with Gasteiger partial charge in [0, 0.05) is 29.6 Å². The number of anilines is 1. The van der Waals surface area contributed by atoms with Crippen molar-refractivity contribution in [1.82, 2.24) is 0 Å². The largest absolute Gasteiger partial charge is 0.378 e. The van der Waals surface area contributed by atoms with E-state index in [2.05, 4.69) is 49.8 Å². The van der Waals surface area contributed by atoms with E-state index in [4.69, 9.17) is 5.73 Å². The number of hydrogen-bond donors (Lipinski definition) is 1. The number of nitrogens with two attached hydrogens (primary N) is 1. The first-order valence-electron chi connectivity index (χ1n) is 5.34. The summed E-state index contributed by atoms with van der Waals surface area (Å²) < 4.78 is 1.09. The quantitative estimate of drug-likeness (QED) is 0.938. The Kier molecular flexibility index (Phi) is 3.86. The van der Waals surface area contributed by atoms with E-state index in [1.165, 1.54) is 5.69 Å². The third kappa shape index (κ3) is 2.70. The molecule has 4 heteroatoms. The summed E-state index contributed by atoms with van der Waals surface area (Å²) in [4.78, 5) is 2.08. The van der Waals surface area contributed by atoms with E-state index in [1.807, 2.05) is 20.2 Å². The Hall–Kier alpha value is -0.840. The lowest BCUT2D eigenvalue weighted by molar-refractivity contribution is 0.870. The molecule has 1 aromatic carbocycles. The molecule has 0 radical (unpaired) electrons. The van der Waals surface area contributed by atoms with E-state index >= 15 is 0 Å². The molecule has 1 atom stereocenters. The summed E-state index contributed by atoms with van der Waals surface area (Å²) in [5.74, 6) is 0. The molecule has 2 aromatic rings. The molecule has 1 heterocycles. The lowest BCUT2D eigenvalue weighted by Crippen LogP contribution is -2.13. The van der Waals surface area contributed by atoms with Gasteiger partial charge in [0.15, 0.2) is 0 Å². The van der Waals surface area contributed by atoms with Crippen LogP contribution < -0.4 is 10.6 Å². The first-order chi connectivity index (χ1) is 8.09. The minimum Gasteiger partial charge on any atom is -0.378 e. The molecule has 90 valence electrons. The molecule has 2 rings (SSSR count). The average molecular weight is 311 g/mol. The molecule has 0 aliphatic rings. The van der Waals surface area contributed by atoms with Gasteiger partial charge in [-0.2, -0.15) is 11.3 Å². The SMILES string of the molecule is CN(C)c1cccc(C(N)c2cscc2Br)c1. The van der Waals surface area contributed by atoms with Gasteiger partial charge in [-0.25, -0.2) is 0 Å². The highest BCUT2D eigenvalue weighted by atomic mass is 79.9. The van der Waals surface area contributed by atoms with Crippen molar-refractivity contribution >= 4 is 33.0 Å². The second-order valence-electron chi connectivity index (χ2n) is 4.14. The molecule has 0 saturated heterocycles. The molecule has 0 aliphatic heterocycles. The van der Waals surface area contributed by atoms with Gasteiger partial charge in [0.05, 0.1) is 6.04 Å². The van der Waals surface area contributed by atoms with Crippen LogP contribution in [0.1, 0.15) is 17.2 Å². The van der Waals surface area contributed by atoms with Crippen LogP contribution in [-0.2, 0) is 0 Å². The summed E-state index contributed by atoms with van der Waals surface area (Å²) in [5.41, 5.74) is 9.74. The average Bonchev–Trinajstić information content (AvgIpc) is 2.74. The molecule has 0 fully saturated rings. The van der Waals surface area contributed by atoms with E-state index < -0.39 is 0 Å². The van der Waals surface area contributed by atoms with Crippen LogP contribution in [0.2, 0.25) is 0 Å². The van der Waals surface area contributed by atoms with Crippen molar-refractivity contribution < 1.29 is 0 Å². The monoisotopic (exact) mass is 310 g/mol. The number of halogens is 1. The highest BCUT2D eigenvalue weighted by molar-refractivity contribution is 9.10. The van der Waals surface area contributed by atoms with Gasteiger partial charge in [-0.3, -0.25) is 0 Å². The second-order valence-corrected chi connectivity index (χ2v) is 5.74. The fourth-order valence-electron chi connectivity index (χ4n) is 1.69. The Labute approximate surface area is 114 Å². The van der Waals surface area contributed by atoms with Gasteiger partial charge in [-0.1, -0.05) is 12.1 Å². The van der Waals surface area contributed by atoms with Gasteiger partial charge in [-0.15, -0.1) is 0 Å². The van der Waals surface area contributed by atoms with Crippen molar-refractivity contribution in [3.8, 4) is 0 Å². The Morgan fingerprint density at radius 3 is 2.65 bits per heavy atom. The predicted octanol–water partition coefficient (Wildman–Crippen LogP) is 3.62. The van der Waals surface area contributed by atoms with Crippen LogP contribution in [0.4, 0.5) is 5.69 Å².